The van der Waals surface area contributed by atoms with Crippen LogP contribution in [0.2, 0.25) is 0 Å². The van der Waals surface area contributed by atoms with Gasteiger partial charge in [0.1, 0.15) is 0 Å². The summed E-state index contributed by atoms with van der Waals surface area (Å²) in [6, 6.07) is 0. The molecule has 1 aliphatic rings. The first kappa shape index (κ1) is 19.9. The maximum Gasteiger partial charge on any atom is -0.00248 e. The van der Waals surface area contributed by atoms with Gasteiger partial charge in [-0.05, 0) is 33.0 Å². The summed E-state index contributed by atoms with van der Waals surface area (Å²) < 4.78 is 0. The molecule has 0 saturated heterocycles. The topological polar surface area (TPSA) is 34.7 Å². The zero-order valence-corrected chi connectivity index (χ0v) is 14.1. The molecule has 0 amide bonds. The van der Waals surface area contributed by atoms with E-state index in [-0.39, 0.29) is 5.48 Å². The second-order valence-electron chi connectivity index (χ2n) is 6.92. The van der Waals surface area contributed by atoms with Gasteiger partial charge in [-0.1, -0.05) is 83.5 Å². The van der Waals surface area contributed by atoms with Gasteiger partial charge < -0.3 is 10.4 Å². The van der Waals surface area contributed by atoms with Gasteiger partial charge in [0, 0.05) is 0 Å². The van der Waals surface area contributed by atoms with E-state index in [1.165, 1.54) is 96.4 Å². The molecular weight excluding hydrogens is 246 g/mol. The molecule has 0 aromatic heterocycles. The summed E-state index contributed by atoms with van der Waals surface area (Å²) in [4.78, 5) is 2.30. The monoisotopic (exact) mass is 285 g/mol. The Labute approximate surface area is 127 Å². The molecule has 0 aliphatic heterocycles. The highest BCUT2D eigenvalue weighted by atomic mass is 16.0. The third-order valence-electron chi connectivity index (χ3n) is 4.69. The van der Waals surface area contributed by atoms with Crippen molar-refractivity contribution in [1.29, 1.82) is 0 Å². The molecule has 0 aromatic carbocycles. The number of rotatable bonds is 11. The van der Waals surface area contributed by atoms with E-state index in [4.69, 9.17) is 0 Å². The van der Waals surface area contributed by atoms with Gasteiger partial charge in [-0.3, -0.25) is 0 Å². The molecule has 2 nitrogen and oxygen atoms in total. The van der Waals surface area contributed by atoms with Crippen molar-refractivity contribution in [2.24, 2.45) is 5.92 Å². The van der Waals surface area contributed by atoms with Crippen molar-refractivity contribution in [2.45, 2.75) is 89.9 Å². The molecule has 122 valence electrons. The SMILES string of the molecule is CN(C)CCCCCCCCCCC1CCCCC1.O. The predicted molar refractivity (Wildman–Crippen MR) is 90.3 cm³/mol. The molecule has 0 aromatic rings. The van der Waals surface area contributed by atoms with Crippen LogP contribution in [0.4, 0.5) is 0 Å². The van der Waals surface area contributed by atoms with Crippen molar-refractivity contribution in [3.05, 3.63) is 0 Å². The molecule has 1 aliphatic carbocycles. The highest BCUT2D eigenvalue weighted by Crippen LogP contribution is 2.28. The fraction of sp³-hybridized carbons (Fsp3) is 1.00. The van der Waals surface area contributed by atoms with E-state index >= 15 is 0 Å². The largest absolute Gasteiger partial charge is 0.412 e. The second-order valence-corrected chi connectivity index (χ2v) is 6.92. The lowest BCUT2D eigenvalue weighted by Crippen LogP contribution is -2.12. The lowest BCUT2D eigenvalue weighted by Gasteiger charge is -2.21. The summed E-state index contributed by atoms with van der Waals surface area (Å²) in [6.45, 7) is 1.27. The van der Waals surface area contributed by atoms with E-state index in [2.05, 4.69) is 19.0 Å². The summed E-state index contributed by atoms with van der Waals surface area (Å²) in [5.74, 6) is 1.10. The highest BCUT2D eigenvalue weighted by molar-refractivity contribution is 4.65. The maximum absolute atomic E-state index is 2.30. The van der Waals surface area contributed by atoms with E-state index in [9.17, 15) is 0 Å². The van der Waals surface area contributed by atoms with E-state index < -0.39 is 0 Å². The normalized spacial score (nSPS) is 16.4. The number of nitrogens with zero attached hydrogens (tertiary/aromatic N) is 1. The number of hydrogen-bond donors (Lipinski definition) is 0. The molecule has 0 bridgehead atoms. The first-order chi connectivity index (χ1) is 9.29. The number of unbranched alkanes of at least 4 members (excludes halogenated alkanes) is 7. The summed E-state index contributed by atoms with van der Waals surface area (Å²) in [7, 11) is 4.35. The minimum atomic E-state index is 0. The van der Waals surface area contributed by atoms with Crippen molar-refractivity contribution in [2.75, 3.05) is 20.6 Å². The standard InChI is InChI=1S/C18H37N.H2O/c1-19(2)17-13-8-6-4-3-5-7-10-14-18-15-11-9-12-16-18;/h18H,3-17H2,1-2H3;1H2. The van der Waals surface area contributed by atoms with Gasteiger partial charge in [0.2, 0.25) is 0 Å². The summed E-state index contributed by atoms with van der Waals surface area (Å²) in [6.07, 6.45) is 20.8. The van der Waals surface area contributed by atoms with Gasteiger partial charge in [-0.15, -0.1) is 0 Å². The third kappa shape index (κ3) is 11.7. The molecule has 0 radical (unpaired) electrons. The second kappa shape index (κ2) is 13.9. The molecular formula is C18H39NO. The fourth-order valence-corrected chi connectivity index (χ4v) is 3.40. The van der Waals surface area contributed by atoms with Crippen LogP contribution in [0.3, 0.4) is 0 Å². The van der Waals surface area contributed by atoms with Crippen LogP contribution in [0.5, 0.6) is 0 Å². The van der Waals surface area contributed by atoms with E-state index in [1.54, 1.807) is 0 Å². The fourth-order valence-electron chi connectivity index (χ4n) is 3.40. The molecule has 1 saturated carbocycles. The van der Waals surface area contributed by atoms with Crippen LogP contribution < -0.4 is 0 Å². The quantitative estimate of drug-likeness (QED) is 0.501. The Morgan fingerprint density at radius 1 is 0.700 bits per heavy atom. The van der Waals surface area contributed by atoms with Crippen molar-refractivity contribution >= 4 is 0 Å². The molecule has 2 heteroatoms. The van der Waals surface area contributed by atoms with Gasteiger partial charge in [0.05, 0.1) is 0 Å². The van der Waals surface area contributed by atoms with Crippen LogP contribution in [-0.4, -0.2) is 31.0 Å². The van der Waals surface area contributed by atoms with Crippen molar-refractivity contribution in [3.8, 4) is 0 Å². The Bertz CT molecular complexity index is 188. The Hall–Kier alpha value is -0.0800. The minimum Gasteiger partial charge on any atom is -0.412 e. The smallest absolute Gasteiger partial charge is 0.00248 e. The van der Waals surface area contributed by atoms with Crippen molar-refractivity contribution in [1.82, 2.24) is 4.90 Å². The molecule has 0 spiro atoms. The van der Waals surface area contributed by atoms with Crippen LogP contribution >= 0.6 is 0 Å². The van der Waals surface area contributed by atoms with Crippen molar-refractivity contribution < 1.29 is 5.48 Å². The third-order valence-corrected chi connectivity index (χ3v) is 4.69. The van der Waals surface area contributed by atoms with E-state index in [0.717, 1.165) is 5.92 Å². The van der Waals surface area contributed by atoms with Crippen LogP contribution in [0, 0.1) is 5.92 Å². The van der Waals surface area contributed by atoms with Gasteiger partial charge >= 0.3 is 0 Å². The Balaban J connectivity index is 0.00000361. The average Bonchev–Trinajstić information content (AvgIpc) is 2.42. The van der Waals surface area contributed by atoms with Gasteiger partial charge in [-0.2, -0.15) is 0 Å². The van der Waals surface area contributed by atoms with E-state index in [1.807, 2.05) is 0 Å². The summed E-state index contributed by atoms with van der Waals surface area (Å²) in [5, 5.41) is 0. The molecule has 20 heavy (non-hydrogen) atoms. The van der Waals surface area contributed by atoms with Crippen LogP contribution in [0.15, 0.2) is 0 Å². The Morgan fingerprint density at radius 3 is 1.75 bits per heavy atom. The molecule has 0 heterocycles. The molecule has 0 atom stereocenters. The zero-order chi connectivity index (χ0) is 13.8. The summed E-state index contributed by atoms with van der Waals surface area (Å²) >= 11 is 0. The highest BCUT2D eigenvalue weighted by Gasteiger charge is 2.12. The predicted octanol–water partition coefficient (Wildman–Crippen LogP) is 4.81. The van der Waals surface area contributed by atoms with Crippen molar-refractivity contribution in [3.63, 3.8) is 0 Å². The van der Waals surface area contributed by atoms with Gasteiger partial charge in [0.25, 0.3) is 0 Å². The molecule has 2 N–H and O–H groups in total. The lowest BCUT2D eigenvalue weighted by atomic mass is 9.85. The lowest BCUT2D eigenvalue weighted by molar-refractivity contribution is 0.327. The van der Waals surface area contributed by atoms with Gasteiger partial charge in [-0.25, -0.2) is 0 Å². The zero-order valence-electron chi connectivity index (χ0n) is 14.1. The average molecular weight is 286 g/mol. The Morgan fingerprint density at radius 2 is 1.20 bits per heavy atom. The van der Waals surface area contributed by atoms with Crippen LogP contribution in [0.1, 0.15) is 89.9 Å². The Kier molecular flexibility index (Phi) is 13.8. The number of hydrogen-bond acceptors (Lipinski definition) is 1. The van der Waals surface area contributed by atoms with Gasteiger partial charge in [0.15, 0.2) is 0 Å². The molecule has 1 fully saturated rings. The van der Waals surface area contributed by atoms with Crippen LogP contribution in [-0.2, 0) is 0 Å². The maximum atomic E-state index is 2.30. The van der Waals surface area contributed by atoms with E-state index in [0.29, 0.717) is 0 Å². The first-order valence-corrected chi connectivity index (χ1v) is 8.94. The van der Waals surface area contributed by atoms with Crippen LogP contribution in [0.25, 0.3) is 0 Å². The summed E-state index contributed by atoms with van der Waals surface area (Å²) in [5.41, 5.74) is 0. The molecule has 0 unspecified atom stereocenters. The minimum absolute atomic E-state index is 0. The molecule has 1 rings (SSSR count). The first-order valence-electron chi connectivity index (χ1n) is 8.94.